The standard InChI is InChI=1S/C14H12ClNO.C8H13NO.C2H6/c1-10-2-4-11(5-3-10)14(17)16-13-8-6-12(15)7-9-13;1-6-5-7(10-9-6)8(2,3)4;1-2/h2-9H,1H3,(H,16,17);5H,1-4H3;1-2H3. The summed E-state index contributed by atoms with van der Waals surface area (Å²) in [5.41, 5.74) is 3.55. The molecular formula is C24H31ClN2O2. The van der Waals surface area contributed by atoms with Gasteiger partial charge in [-0.15, -0.1) is 0 Å². The Morgan fingerprint density at radius 1 is 0.966 bits per heavy atom. The third kappa shape index (κ3) is 8.53. The summed E-state index contributed by atoms with van der Waals surface area (Å²) in [5.74, 6) is 0.831. The van der Waals surface area contributed by atoms with E-state index in [-0.39, 0.29) is 11.3 Å². The van der Waals surface area contributed by atoms with Crippen LogP contribution >= 0.6 is 11.6 Å². The first kappa shape index (κ1) is 24.4. The van der Waals surface area contributed by atoms with Crippen molar-refractivity contribution < 1.29 is 9.32 Å². The van der Waals surface area contributed by atoms with Crippen molar-refractivity contribution in [3.63, 3.8) is 0 Å². The molecule has 0 atom stereocenters. The van der Waals surface area contributed by atoms with Crippen LogP contribution in [0.15, 0.2) is 59.1 Å². The van der Waals surface area contributed by atoms with Gasteiger partial charge < -0.3 is 9.84 Å². The number of hydrogen-bond acceptors (Lipinski definition) is 3. The highest BCUT2D eigenvalue weighted by Gasteiger charge is 2.18. The van der Waals surface area contributed by atoms with Crippen LogP contribution in [0.1, 0.15) is 62.0 Å². The quantitative estimate of drug-likeness (QED) is 0.482. The molecule has 3 aromatic rings. The molecule has 5 heteroatoms. The molecule has 0 aliphatic rings. The Kier molecular flexibility index (Phi) is 9.63. The van der Waals surface area contributed by atoms with Crippen LogP contribution in [-0.2, 0) is 5.41 Å². The molecule has 29 heavy (non-hydrogen) atoms. The number of benzene rings is 2. The molecule has 0 aliphatic heterocycles. The van der Waals surface area contributed by atoms with Crippen LogP contribution in [0.2, 0.25) is 5.02 Å². The number of amides is 1. The Morgan fingerprint density at radius 2 is 1.52 bits per heavy atom. The van der Waals surface area contributed by atoms with Gasteiger partial charge in [-0.1, -0.05) is 69.1 Å². The fraction of sp³-hybridized carbons (Fsp3) is 0.333. The normalized spacial score (nSPS) is 10.2. The number of nitrogens with zero attached hydrogens (tertiary/aromatic N) is 1. The first-order chi connectivity index (χ1) is 13.6. The molecule has 3 rings (SSSR count). The first-order valence-electron chi connectivity index (χ1n) is 9.72. The molecule has 1 N–H and O–H groups in total. The van der Waals surface area contributed by atoms with Crippen molar-refractivity contribution in [2.45, 2.75) is 53.9 Å². The fourth-order valence-electron chi connectivity index (χ4n) is 2.16. The Bertz CT molecular complexity index is 876. The number of hydrogen-bond donors (Lipinski definition) is 1. The molecule has 0 spiro atoms. The van der Waals surface area contributed by atoms with Crippen molar-refractivity contribution in [1.29, 1.82) is 0 Å². The number of halogens is 1. The lowest BCUT2D eigenvalue weighted by Crippen LogP contribution is -2.11. The molecule has 0 fully saturated rings. The van der Waals surface area contributed by atoms with Crippen molar-refractivity contribution in [1.82, 2.24) is 5.16 Å². The molecule has 0 aliphatic carbocycles. The van der Waals surface area contributed by atoms with Crippen LogP contribution in [0.5, 0.6) is 0 Å². The Morgan fingerprint density at radius 3 is 1.93 bits per heavy atom. The van der Waals surface area contributed by atoms with E-state index in [0.29, 0.717) is 10.6 Å². The summed E-state index contributed by atoms with van der Waals surface area (Å²) in [6.07, 6.45) is 0. The highest BCUT2D eigenvalue weighted by Crippen LogP contribution is 2.22. The molecule has 4 nitrogen and oxygen atoms in total. The van der Waals surface area contributed by atoms with Gasteiger partial charge in [0.05, 0.1) is 5.69 Å². The van der Waals surface area contributed by atoms with E-state index in [1.165, 1.54) is 0 Å². The van der Waals surface area contributed by atoms with Crippen LogP contribution < -0.4 is 5.32 Å². The van der Waals surface area contributed by atoms with Gasteiger partial charge in [0.1, 0.15) is 5.76 Å². The zero-order valence-electron chi connectivity index (χ0n) is 18.3. The number of carbonyl (C=O) groups excluding carboxylic acids is 1. The second kappa shape index (κ2) is 11.4. The zero-order chi connectivity index (χ0) is 22.0. The molecule has 0 saturated carbocycles. The molecule has 156 valence electrons. The van der Waals surface area contributed by atoms with Crippen molar-refractivity contribution in [2.24, 2.45) is 0 Å². The summed E-state index contributed by atoms with van der Waals surface area (Å²) < 4.78 is 5.08. The second-order valence-electron chi connectivity index (χ2n) is 7.41. The van der Waals surface area contributed by atoms with Crippen LogP contribution in [0, 0.1) is 13.8 Å². The van der Waals surface area contributed by atoms with Gasteiger partial charge in [-0.05, 0) is 50.2 Å². The maximum absolute atomic E-state index is 11.9. The third-order valence-corrected chi connectivity index (χ3v) is 4.03. The van der Waals surface area contributed by atoms with Crippen molar-refractivity contribution in [3.8, 4) is 0 Å². The number of aryl methyl sites for hydroxylation is 2. The average molecular weight is 415 g/mol. The molecule has 0 radical (unpaired) electrons. The summed E-state index contributed by atoms with van der Waals surface area (Å²) in [7, 11) is 0. The van der Waals surface area contributed by atoms with E-state index in [1.807, 2.05) is 45.9 Å². The van der Waals surface area contributed by atoms with Gasteiger partial charge >= 0.3 is 0 Å². The Hall–Kier alpha value is -2.59. The lowest BCUT2D eigenvalue weighted by molar-refractivity contribution is 0.102. The maximum atomic E-state index is 11.9. The van der Waals surface area contributed by atoms with Crippen LogP contribution in [0.4, 0.5) is 5.69 Å². The number of rotatable bonds is 2. The van der Waals surface area contributed by atoms with Crippen LogP contribution in [0.3, 0.4) is 0 Å². The summed E-state index contributed by atoms with van der Waals surface area (Å²) in [5, 5.41) is 7.27. The molecule has 0 bridgehead atoms. The van der Waals surface area contributed by atoms with Crippen molar-refractivity contribution >= 4 is 23.2 Å². The second-order valence-corrected chi connectivity index (χ2v) is 7.85. The number of nitrogens with one attached hydrogen (secondary N) is 1. The summed E-state index contributed by atoms with van der Waals surface area (Å²) in [4.78, 5) is 11.9. The van der Waals surface area contributed by atoms with E-state index in [4.69, 9.17) is 16.1 Å². The smallest absolute Gasteiger partial charge is 0.255 e. The van der Waals surface area contributed by atoms with Gasteiger partial charge in [0, 0.05) is 27.8 Å². The molecule has 1 heterocycles. The zero-order valence-corrected chi connectivity index (χ0v) is 19.1. The fourth-order valence-corrected chi connectivity index (χ4v) is 2.28. The van der Waals surface area contributed by atoms with E-state index in [9.17, 15) is 4.79 Å². The monoisotopic (exact) mass is 414 g/mol. The largest absolute Gasteiger partial charge is 0.361 e. The highest BCUT2D eigenvalue weighted by atomic mass is 35.5. The van der Waals surface area contributed by atoms with Gasteiger partial charge in [0.2, 0.25) is 0 Å². The van der Waals surface area contributed by atoms with Gasteiger partial charge in [0.15, 0.2) is 0 Å². The van der Waals surface area contributed by atoms with E-state index in [1.54, 1.807) is 36.4 Å². The van der Waals surface area contributed by atoms with E-state index >= 15 is 0 Å². The average Bonchev–Trinajstić information content (AvgIpc) is 3.13. The van der Waals surface area contributed by atoms with Crippen molar-refractivity contribution in [2.75, 3.05) is 5.32 Å². The minimum Gasteiger partial charge on any atom is -0.361 e. The lowest BCUT2D eigenvalue weighted by Gasteiger charge is -2.11. The van der Waals surface area contributed by atoms with Crippen LogP contribution in [-0.4, -0.2) is 11.1 Å². The molecular weight excluding hydrogens is 384 g/mol. The molecule has 0 unspecified atom stereocenters. The molecule has 1 amide bonds. The number of aromatic nitrogens is 1. The molecule has 1 aromatic heterocycles. The van der Waals surface area contributed by atoms with Crippen molar-refractivity contribution in [3.05, 3.63) is 82.2 Å². The number of anilines is 1. The predicted molar refractivity (Wildman–Crippen MR) is 122 cm³/mol. The summed E-state index contributed by atoms with van der Waals surface area (Å²) in [6.45, 7) is 14.2. The van der Waals surface area contributed by atoms with E-state index in [2.05, 4.69) is 31.2 Å². The first-order valence-corrected chi connectivity index (χ1v) is 10.1. The van der Waals surface area contributed by atoms with E-state index in [0.717, 1.165) is 22.7 Å². The van der Waals surface area contributed by atoms with Gasteiger partial charge in [-0.25, -0.2) is 0 Å². The third-order valence-electron chi connectivity index (χ3n) is 3.78. The minimum atomic E-state index is -0.118. The topological polar surface area (TPSA) is 55.1 Å². The molecule has 0 saturated heterocycles. The minimum absolute atomic E-state index is 0.0846. The summed E-state index contributed by atoms with van der Waals surface area (Å²) >= 11 is 5.77. The highest BCUT2D eigenvalue weighted by molar-refractivity contribution is 6.30. The predicted octanol–water partition coefficient (Wildman–Crippen LogP) is 7.21. The SMILES string of the molecule is CC.Cc1cc(C(C)(C)C)on1.Cc1ccc(C(=O)Nc2ccc(Cl)cc2)cc1. The van der Waals surface area contributed by atoms with Gasteiger partial charge in [-0.3, -0.25) is 4.79 Å². The molecule has 2 aromatic carbocycles. The van der Waals surface area contributed by atoms with E-state index < -0.39 is 0 Å². The van der Waals surface area contributed by atoms with Gasteiger partial charge in [0.25, 0.3) is 5.91 Å². The van der Waals surface area contributed by atoms with Crippen LogP contribution in [0.25, 0.3) is 0 Å². The maximum Gasteiger partial charge on any atom is 0.255 e. The summed E-state index contributed by atoms with van der Waals surface area (Å²) in [6, 6.07) is 16.4. The Labute approximate surface area is 179 Å². The Balaban J connectivity index is 0.000000299. The number of carbonyl (C=O) groups is 1. The van der Waals surface area contributed by atoms with Gasteiger partial charge in [-0.2, -0.15) is 0 Å². The lowest BCUT2D eigenvalue weighted by atomic mass is 9.93.